The highest BCUT2D eigenvalue weighted by Gasteiger charge is 2.29. The molecular weight excluding hydrogens is 510 g/mol. The Bertz CT molecular complexity index is 1240. The van der Waals surface area contributed by atoms with Gasteiger partial charge in [0.2, 0.25) is 11.4 Å². The summed E-state index contributed by atoms with van der Waals surface area (Å²) in [5.74, 6) is 6.61. The van der Waals surface area contributed by atoms with E-state index in [9.17, 15) is 9.59 Å². The van der Waals surface area contributed by atoms with Crippen LogP contribution in [-0.4, -0.2) is 76.8 Å². The zero-order chi connectivity index (χ0) is 27.3. The van der Waals surface area contributed by atoms with Gasteiger partial charge in [0.15, 0.2) is 11.9 Å². The number of piperazine rings is 1. The van der Waals surface area contributed by atoms with Gasteiger partial charge in [0.1, 0.15) is 16.3 Å². The molecular formula is C27H38ClN5O5. The molecule has 11 heteroatoms. The summed E-state index contributed by atoms with van der Waals surface area (Å²) < 4.78 is 18.8. The van der Waals surface area contributed by atoms with E-state index in [1.165, 1.54) is 0 Å². The van der Waals surface area contributed by atoms with Gasteiger partial charge in [0.25, 0.3) is 0 Å². The van der Waals surface area contributed by atoms with Crippen molar-refractivity contribution in [2.75, 3.05) is 44.3 Å². The number of aromatic nitrogens is 3. The fourth-order valence-corrected chi connectivity index (χ4v) is 4.94. The normalized spacial score (nSPS) is 18.4. The SMILES string of the molecule is CC#CCn1c(N2CCN(C(=O)OC(C)(C)C)CC2)nc2[nH]c(Cl)c(CCCOC3CCCCO3)c(=O)c21. The standard InChI is InChI=1S/C27H38ClN5O5/c1-5-6-12-33-21-22(34)19(10-9-18-37-20-11-7-8-17-36-20)23(28)29-24(21)30-25(33)31-13-15-32(16-14-31)26(35)38-27(2,3)4/h20H,7-18H2,1-4H3,(H,29,34). The molecule has 10 nitrogen and oxygen atoms in total. The quantitative estimate of drug-likeness (QED) is 0.318. The minimum absolute atomic E-state index is 0.151. The third kappa shape index (κ3) is 6.82. The van der Waals surface area contributed by atoms with Gasteiger partial charge in [-0.25, -0.2) is 4.79 Å². The average Bonchev–Trinajstić information content (AvgIpc) is 3.24. The minimum Gasteiger partial charge on any atom is -0.444 e. The molecule has 4 heterocycles. The first-order chi connectivity index (χ1) is 18.2. The number of rotatable bonds is 7. The smallest absolute Gasteiger partial charge is 0.410 e. The number of aromatic amines is 1. The molecule has 1 unspecified atom stereocenters. The van der Waals surface area contributed by atoms with Gasteiger partial charge in [0, 0.05) is 38.3 Å². The highest BCUT2D eigenvalue weighted by atomic mass is 35.5. The molecule has 4 rings (SSSR count). The van der Waals surface area contributed by atoms with Gasteiger partial charge >= 0.3 is 6.09 Å². The third-order valence-electron chi connectivity index (χ3n) is 6.57. The molecule has 1 N–H and O–H groups in total. The summed E-state index contributed by atoms with van der Waals surface area (Å²) in [5, 5.41) is 0.295. The summed E-state index contributed by atoms with van der Waals surface area (Å²) in [6.45, 7) is 11.0. The van der Waals surface area contributed by atoms with E-state index in [4.69, 9.17) is 30.8 Å². The Morgan fingerprint density at radius 1 is 1.24 bits per heavy atom. The van der Waals surface area contributed by atoms with Crippen LogP contribution in [0.15, 0.2) is 4.79 Å². The maximum absolute atomic E-state index is 13.6. The lowest BCUT2D eigenvalue weighted by Gasteiger charge is -2.36. The van der Waals surface area contributed by atoms with E-state index in [1.54, 1.807) is 11.8 Å². The number of hydrogen-bond acceptors (Lipinski definition) is 7. The van der Waals surface area contributed by atoms with Crippen LogP contribution in [0.4, 0.5) is 10.7 Å². The van der Waals surface area contributed by atoms with Crippen molar-refractivity contribution in [2.45, 2.75) is 78.2 Å². The lowest BCUT2D eigenvalue weighted by Crippen LogP contribution is -2.50. The van der Waals surface area contributed by atoms with Crippen LogP contribution >= 0.6 is 11.6 Å². The number of pyridine rings is 1. The molecule has 0 bridgehead atoms. The van der Waals surface area contributed by atoms with Crippen molar-refractivity contribution in [1.82, 2.24) is 19.4 Å². The lowest BCUT2D eigenvalue weighted by atomic mass is 10.1. The topological polar surface area (TPSA) is 102 Å². The molecule has 2 aliphatic heterocycles. The summed E-state index contributed by atoms with van der Waals surface area (Å²) >= 11 is 6.52. The van der Waals surface area contributed by atoms with Crippen molar-refractivity contribution < 1.29 is 19.0 Å². The molecule has 2 aliphatic rings. The Kier molecular flexibility index (Phi) is 9.23. The van der Waals surface area contributed by atoms with Crippen LogP contribution in [0.25, 0.3) is 11.2 Å². The van der Waals surface area contributed by atoms with Crippen molar-refractivity contribution in [3.63, 3.8) is 0 Å². The number of carbonyl (C=O) groups excluding carboxylic acids is 1. The number of nitrogens with one attached hydrogen (secondary N) is 1. The van der Waals surface area contributed by atoms with Gasteiger partial charge in [-0.15, -0.1) is 5.92 Å². The van der Waals surface area contributed by atoms with Crippen LogP contribution in [0.3, 0.4) is 0 Å². The molecule has 208 valence electrons. The number of hydrogen-bond donors (Lipinski definition) is 1. The summed E-state index contributed by atoms with van der Waals surface area (Å²) in [6.07, 6.45) is 3.72. The first-order valence-corrected chi connectivity index (χ1v) is 13.7. The third-order valence-corrected chi connectivity index (χ3v) is 6.89. The van der Waals surface area contributed by atoms with E-state index in [-0.39, 0.29) is 17.8 Å². The molecule has 0 saturated carbocycles. The Labute approximate surface area is 228 Å². The maximum Gasteiger partial charge on any atom is 0.410 e. The first-order valence-electron chi connectivity index (χ1n) is 13.3. The van der Waals surface area contributed by atoms with Crippen LogP contribution in [-0.2, 0) is 27.2 Å². The molecule has 0 radical (unpaired) electrons. The molecule has 1 atom stereocenters. The first kappa shape index (κ1) is 28.3. The zero-order valence-corrected chi connectivity index (χ0v) is 23.5. The molecule has 38 heavy (non-hydrogen) atoms. The van der Waals surface area contributed by atoms with E-state index in [1.807, 2.05) is 25.3 Å². The molecule has 2 aromatic rings. The number of imidazole rings is 1. The molecule has 0 spiro atoms. The number of anilines is 1. The van der Waals surface area contributed by atoms with Gasteiger partial charge in [0.05, 0.1) is 13.2 Å². The Morgan fingerprint density at radius 3 is 2.66 bits per heavy atom. The Morgan fingerprint density at radius 2 is 2.00 bits per heavy atom. The second kappa shape index (κ2) is 12.4. The maximum atomic E-state index is 13.6. The predicted molar refractivity (Wildman–Crippen MR) is 147 cm³/mol. The van der Waals surface area contributed by atoms with Crippen molar-refractivity contribution in [1.29, 1.82) is 0 Å². The number of amides is 1. The van der Waals surface area contributed by atoms with Crippen molar-refractivity contribution in [2.24, 2.45) is 0 Å². The van der Waals surface area contributed by atoms with Crippen LogP contribution in [0.1, 0.15) is 58.9 Å². The number of H-pyrrole nitrogens is 1. The average molecular weight is 548 g/mol. The number of carbonyl (C=O) groups is 1. The number of ether oxygens (including phenoxy) is 3. The molecule has 2 aromatic heterocycles. The van der Waals surface area contributed by atoms with Gasteiger partial charge in [-0.05, 0) is 59.8 Å². The Balaban J connectivity index is 1.51. The van der Waals surface area contributed by atoms with Crippen LogP contribution in [0.2, 0.25) is 5.15 Å². The highest BCUT2D eigenvalue weighted by Crippen LogP contribution is 2.24. The van der Waals surface area contributed by atoms with Crippen molar-refractivity contribution >= 4 is 34.8 Å². The fourth-order valence-electron chi connectivity index (χ4n) is 4.67. The highest BCUT2D eigenvalue weighted by molar-refractivity contribution is 6.30. The number of halogens is 1. The fraction of sp³-hybridized carbons (Fsp3) is 0.667. The molecule has 0 aromatic carbocycles. The van der Waals surface area contributed by atoms with Crippen LogP contribution in [0.5, 0.6) is 0 Å². The van der Waals surface area contributed by atoms with Crippen molar-refractivity contribution in [3.8, 4) is 11.8 Å². The van der Waals surface area contributed by atoms with Crippen LogP contribution < -0.4 is 10.3 Å². The molecule has 2 fully saturated rings. The van der Waals surface area contributed by atoms with Gasteiger partial charge in [-0.2, -0.15) is 4.98 Å². The largest absolute Gasteiger partial charge is 0.444 e. The Hall–Kier alpha value is -2.74. The van der Waals surface area contributed by atoms with Gasteiger partial charge in [-0.1, -0.05) is 17.5 Å². The van der Waals surface area contributed by atoms with E-state index in [0.29, 0.717) is 80.0 Å². The second-order valence-electron chi connectivity index (χ2n) is 10.6. The van der Waals surface area contributed by atoms with E-state index >= 15 is 0 Å². The summed E-state index contributed by atoms with van der Waals surface area (Å²) in [5.41, 5.74) is 0.695. The van der Waals surface area contributed by atoms with Gasteiger partial charge < -0.3 is 29.0 Å². The zero-order valence-electron chi connectivity index (χ0n) is 22.8. The predicted octanol–water partition coefficient (Wildman–Crippen LogP) is 3.93. The van der Waals surface area contributed by atoms with Crippen LogP contribution in [0, 0.1) is 11.8 Å². The summed E-state index contributed by atoms with van der Waals surface area (Å²) in [6, 6.07) is 0. The molecule has 0 aliphatic carbocycles. The lowest BCUT2D eigenvalue weighted by molar-refractivity contribution is -0.162. The monoisotopic (exact) mass is 547 g/mol. The molecule has 1 amide bonds. The van der Waals surface area contributed by atoms with E-state index < -0.39 is 5.60 Å². The minimum atomic E-state index is -0.547. The van der Waals surface area contributed by atoms with Crippen molar-refractivity contribution in [3.05, 3.63) is 20.9 Å². The summed E-state index contributed by atoms with van der Waals surface area (Å²) in [7, 11) is 0. The van der Waals surface area contributed by atoms with Gasteiger partial charge in [-0.3, -0.25) is 9.36 Å². The van der Waals surface area contributed by atoms with E-state index in [0.717, 1.165) is 25.9 Å². The second-order valence-corrected chi connectivity index (χ2v) is 11.0. The van der Waals surface area contributed by atoms with E-state index in [2.05, 4.69) is 21.7 Å². The number of fused-ring (bicyclic) bond motifs is 1. The number of nitrogens with zero attached hydrogens (tertiary/aromatic N) is 4. The summed E-state index contributed by atoms with van der Waals surface area (Å²) in [4.78, 5) is 37.8. The molecule has 2 saturated heterocycles.